The summed E-state index contributed by atoms with van der Waals surface area (Å²) in [6.07, 6.45) is 0. The van der Waals surface area contributed by atoms with Gasteiger partial charge in [0, 0.05) is 17.1 Å². The summed E-state index contributed by atoms with van der Waals surface area (Å²) in [4.78, 5) is 71.1. The zero-order valence-electron chi connectivity index (χ0n) is 43.4. The molecule has 39 nitrogen and oxygen atoms in total. The molecule has 90 heavy (non-hydrogen) atoms. The van der Waals surface area contributed by atoms with Crippen LogP contribution in [0.5, 0.6) is 0 Å². The molecule has 2 aliphatic rings. The molecule has 0 saturated carbocycles. The minimum Gasteiger partial charge on any atom is -0.477 e. The van der Waals surface area contributed by atoms with E-state index in [9.17, 15) is 94.2 Å². The lowest BCUT2D eigenvalue weighted by Crippen LogP contribution is -2.33. The average molecular weight is 1380 g/mol. The van der Waals surface area contributed by atoms with Crippen molar-refractivity contribution in [2.24, 2.45) is 30.7 Å². The normalized spacial score (nSPS) is 15.7. The van der Waals surface area contributed by atoms with Gasteiger partial charge in [-0.3, -0.25) is 32.4 Å². The van der Waals surface area contributed by atoms with Crippen LogP contribution in [0, 0.1) is 0 Å². The highest BCUT2D eigenvalue weighted by atomic mass is 35.5. The Labute approximate surface area is 511 Å². The fraction of sp³-hybridized carbons (Fsp3) is 0.0455. The predicted octanol–water partition coefficient (Wildman–Crippen LogP) is 4.45. The first-order chi connectivity index (χ1) is 42.0. The Morgan fingerprint density at radius 3 is 1.10 bits per heavy atom. The van der Waals surface area contributed by atoms with E-state index >= 15 is 0 Å². The molecule has 9 rings (SSSR count). The maximum atomic E-state index is 13.4. The monoisotopic (exact) mass is 1380 g/mol. The number of carbonyl (C=O) groups is 4. The number of carbonyl (C=O) groups excluding carboxylic acids is 2. The van der Waals surface area contributed by atoms with Gasteiger partial charge in [0.25, 0.3) is 62.4 Å². The minimum atomic E-state index is -5.18. The van der Waals surface area contributed by atoms with Crippen molar-refractivity contribution >= 4 is 178 Å². The van der Waals surface area contributed by atoms with Crippen molar-refractivity contribution in [3.8, 4) is 0 Å². The van der Waals surface area contributed by atoms with Gasteiger partial charge in [0.05, 0.1) is 26.9 Å². The van der Waals surface area contributed by atoms with Crippen LogP contribution in [0.15, 0.2) is 158 Å². The van der Waals surface area contributed by atoms with Crippen LogP contribution in [0.2, 0.25) is 10.6 Å². The van der Waals surface area contributed by atoms with E-state index in [4.69, 9.17) is 23.2 Å². The van der Waals surface area contributed by atoms with Crippen LogP contribution >= 0.6 is 23.2 Å². The Hall–Kier alpha value is -10.1. The van der Waals surface area contributed by atoms with E-state index in [1.807, 2.05) is 0 Å². The van der Waals surface area contributed by atoms with Gasteiger partial charge in [0.15, 0.2) is 11.4 Å². The molecule has 0 spiro atoms. The van der Waals surface area contributed by atoms with Crippen LogP contribution in [-0.4, -0.2) is 152 Å². The quantitative estimate of drug-likeness (QED) is 0.0349. The molecule has 5 aromatic carbocycles. The Kier molecular flexibility index (Phi) is 17.5. The van der Waals surface area contributed by atoms with E-state index in [0.717, 1.165) is 97.1 Å². The van der Waals surface area contributed by atoms with Gasteiger partial charge in [-0.1, -0.05) is 0 Å². The second-order valence-corrected chi connectivity index (χ2v) is 25.2. The number of azo groups is 2. The van der Waals surface area contributed by atoms with Crippen molar-refractivity contribution in [2.75, 3.05) is 31.3 Å². The highest BCUT2D eigenvalue weighted by molar-refractivity contribution is 7.87. The minimum absolute atomic E-state index is 0.132. The molecule has 7 aromatic rings. The largest absolute Gasteiger partial charge is 0.477 e. The Morgan fingerprint density at radius 1 is 0.433 bits per heavy atom. The van der Waals surface area contributed by atoms with Crippen LogP contribution in [-0.2, 0) is 69.8 Å². The smallest absolute Gasteiger partial charge is 0.355 e. The number of carboxylic acids is 2. The Morgan fingerprint density at radius 2 is 0.767 bits per heavy atom. The maximum absolute atomic E-state index is 13.4. The molecule has 2 aliphatic heterocycles. The van der Waals surface area contributed by atoms with Gasteiger partial charge in [-0.15, -0.1) is 0 Å². The number of amides is 2. The molecule has 0 fully saturated rings. The third kappa shape index (κ3) is 14.7. The van der Waals surface area contributed by atoms with Crippen molar-refractivity contribution in [1.82, 2.24) is 29.9 Å². The predicted molar refractivity (Wildman–Crippen MR) is 306 cm³/mol. The van der Waals surface area contributed by atoms with Gasteiger partial charge >= 0.3 is 11.9 Å². The van der Waals surface area contributed by atoms with Crippen LogP contribution in [0.1, 0.15) is 0 Å². The fourth-order valence-electron chi connectivity index (χ4n) is 7.68. The second kappa shape index (κ2) is 24.4. The van der Waals surface area contributed by atoms with Gasteiger partial charge < -0.3 is 31.5 Å². The molecule has 0 bridgehead atoms. The number of rotatable bonds is 21. The highest BCUT2D eigenvalue weighted by Gasteiger charge is 2.43. The average Bonchev–Trinajstić information content (AvgIpc) is 1.64. The summed E-state index contributed by atoms with van der Waals surface area (Å²) in [6, 6.07) is 12.2. The number of benzene rings is 5. The number of carboxylic acid groups (broad SMARTS) is 2. The summed E-state index contributed by atoms with van der Waals surface area (Å²) in [5.41, 5.74) is -4.48. The second-order valence-electron chi connectivity index (χ2n) is 17.6. The number of hydrazone groups is 2. The topological polar surface area (TPSA) is 587 Å². The van der Waals surface area contributed by atoms with Crippen molar-refractivity contribution in [3.63, 3.8) is 0 Å². The summed E-state index contributed by atoms with van der Waals surface area (Å²) >= 11 is 12.4. The van der Waals surface area contributed by atoms with Crippen molar-refractivity contribution in [1.29, 1.82) is 0 Å². The summed E-state index contributed by atoms with van der Waals surface area (Å²) in [5, 5.41) is 52.3. The molecule has 11 N–H and O–H groups in total. The molecular weight excluding hydrogens is 1350 g/mol. The van der Waals surface area contributed by atoms with E-state index in [-0.39, 0.29) is 28.4 Å². The third-order valence-corrected chi connectivity index (χ3v) is 16.3. The van der Waals surface area contributed by atoms with Gasteiger partial charge in [0.2, 0.25) is 46.4 Å². The lowest BCUT2D eigenvalue weighted by Gasteiger charge is -2.14. The highest BCUT2D eigenvalue weighted by Crippen LogP contribution is 2.35. The van der Waals surface area contributed by atoms with Crippen LogP contribution in [0.25, 0.3) is 0 Å². The summed E-state index contributed by atoms with van der Waals surface area (Å²) in [7, 11) is -24.8. The lowest BCUT2D eigenvalue weighted by atomic mass is 10.2. The van der Waals surface area contributed by atoms with E-state index in [0.29, 0.717) is 10.0 Å². The van der Waals surface area contributed by atoms with Crippen molar-refractivity contribution in [3.05, 3.63) is 114 Å². The van der Waals surface area contributed by atoms with Crippen molar-refractivity contribution in [2.45, 2.75) is 36.6 Å². The van der Waals surface area contributed by atoms with Crippen molar-refractivity contribution < 1.29 is 94.2 Å². The molecule has 466 valence electrons. The maximum Gasteiger partial charge on any atom is 0.355 e. The first kappa shape index (κ1) is 64.3. The van der Waals surface area contributed by atoms with Gasteiger partial charge in [-0.05, 0) is 126 Å². The molecule has 0 saturated heterocycles. The van der Waals surface area contributed by atoms with Gasteiger partial charge in [0.1, 0.15) is 26.1 Å². The molecule has 46 heteroatoms. The molecule has 0 radical (unpaired) electrons. The number of nitrogens with zero attached hydrogens (tertiary/aromatic N) is 14. The van der Waals surface area contributed by atoms with Crippen LogP contribution < -0.4 is 31.3 Å². The van der Waals surface area contributed by atoms with Crippen LogP contribution in [0.3, 0.4) is 0 Å². The first-order valence-corrected chi connectivity index (χ1v) is 31.5. The lowest BCUT2D eigenvalue weighted by molar-refractivity contribution is -0.130. The standard InChI is InChI=1S/C44H30Cl2N18O21S5/c45-39-51-41(47-18-2-13-28(88(77,78)79)26(15-18)57-59-31-33(37(67)68)61-63(35(31)65)21-4-8-23(9-5-21)86(71,72)73)55-43(52-39)49-20-1-12-25(30(17-20)90(83,84)85)50-44-54-40(46)53-42(56-44)48-19-3-14-29(89(80,81)82)27(16-19)58-60-32-34(38(69)70)62-64(36(32)66)22-6-10-24(11-7-22)87(74,75)76/h1-17,31-32H,(H,67,68)(H,69,70)(H,71,72,73)(H,74,75,76)(H,77,78,79)(H,80,81,82)(H,83,84,85)(H2,47,49,51,52,55)(H2,48,50,53,54,56). The fourth-order valence-corrected chi connectivity index (χ4v) is 10.8. The summed E-state index contributed by atoms with van der Waals surface area (Å²) < 4.78 is 170. The Balaban J connectivity index is 0.923. The number of hydrogen-bond acceptors (Lipinski definition) is 30. The van der Waals surface area contributed by atoms with Gasteiger partial charge in [-0.25, -0.2) is 9.59 Å². The van der Waals surface area contributed by atoms with Crippen LogP contribution in [0.4, 0.5) is 69.3 Å². The molecule has 2 amide bonds. The van der Waals surface area contributed by atoms with E-state index in [1.165, 1.54) is 6.07 Å². The van der Waals surface area contributed by atoms with Gasteiger partial charge in [-0.2, -0.15) is 113 Å². The number of halogens is 2. The molecule has 2 atom stereocenters. The first-order valence-electron chi connectivity index (χ1n) is 23.5. The molecule has 2 aromatic heterocycles. The third-order valence-electron chi connectivity index (χ3n) is 11.5. The molecular formula is C44H30Cl2N18O21S5. The van der Waals surface area contributed by atoms with E-state index < -0.39 is 174 Å². The van der Waals surface area contributed by atoms with E-state index in [1.54, 1.807) is 0 Å². The zero-order valence-corrected chi connectivity index (χ0v) is 49.0. The number of anilines is 10. The SMILES string of the molecule is O=C(O)C1=NN(c2ccc(S(=O)(=O)O)cc2)C(=O)C1N=Nc1cc(Nc2nc(Cl)nc(Nc3ccc(Nc4nc(Cl)nc(Nc5ccc(S(=O)(=O)O)c(N=NC6C(=O)N(c7ccc(S(=O)(=O)O)cc7)N=C6C(=O)O)c5)n4)c(S(=O)(=O)O)c3)n2)ccc1S(=O)(=O)O. The number of hydrogen-bond donors (Lipinski definition) is 11. The Bertz CT molecular complexity index is 4940. The number of aliphatic carboxylic acids is 2. The summed E-state index contributed by atoms with van der Waals surface area (Å²) in [6.45, 7) is 0. The summed E-state index contributed by atoms with van der Waals surface area (Å²) in [5.74, 6) is -7.67. The number of nitrogens with one attached hydrogen (secondary N) is 4. The van der Waals surface area contributed by atoms with E-state index in [2.05, 4.69) is 81.8 Å². The zero-order chi connectivity index (χ0) is 65.6. The molecule has 0 aliphatic carbocycles. The number of aromatic nitrogens is 6. The molecule has 2 unspecified atom stereocenters. The molecule has 4 heterocycles.